The third-order valence-electron chi connectivity index (χ3n) is 3.60. The molecule has 2 N–H and O–H groups in total. The molecule has 0 aliphatic heterocycles. The van der Waals surface area contributed by atoms with Gasteiger partial charge in [0.25, 0.3) is 5.91 Å². The van der Waals surface area contributed by atoms with Crippen LogP contribution in [0.15, 0.2) is 29.2 Å². The molecule has 0 bridgehead atoms. The van der Waals surface area contributed by atoms with Gasteiger partial charge in [0, 0.05) is 31.4 Å². The molecule has 0 saturated heterocycles. The molecule has 1 aromatic carbocycles. The van der Waals surface area contributed by atoms with Crippen molar-refractivity contribution in [2.24, 2.45) is 5.92 Å². The van der Waals surface area contributed by atoms with Crippen LogP contribution in [0.2, 0.25) is 0 Å². The van der Waals surface area contributed by atoms with E-state index in [9.17, 15) is 13.2 Å². The van der Waals surface area contributed by atoms with Crippen molar-refractivity contribution in [3.63, 3.8) is 0 Å². The van der Waals surface area contributed by atoms with Crippen molar-refractivity contribution in [3.05, 3.63) is 29.8 Å². The van der Waals surface area contributed by atoms with Crippen molar-refractivity contribution < 1.29 is 17.9 Å². The van der Waals surface area contributed by atoms with E-state index in [1.54, 1.807) is 0 Å². The van der Waals surface area contributed by atoms with Gasteiger partial charge in [-0.15, -0.1) is 0 Å². The summed E-state index contributed by atoms with van der Waals surface area (Å²) in [5.41, 5.74) is 0.436. The summed E-state index contributed by atoms with van der Waals surface area (Å²) in [6, 6.07) is 5.81. The smallest absolute Gasteiger partial charge is 0.251 e. The lowest BCUT2D eigenvalue weighted by Crippen LogP contribution is -2.32. The van der Waals surface area contributed by atoms with Crippen LogP contribution in [0, 0.1) is 5.92 Å². The van der Waals surface area contributed by atoms with E-state index in [4.69, 9.17) is 4.74 Å². The van der Waals surface area contributed by atoms with Gasteiger partial charge in [0.2, 0.25) is 10.0 Å². The predicted octanol–water partition coefficient (Wildman–Crippen LogP) is 2.56. The highest BCUT2D eigenvalue weighted by atomic mass is 32.2. The number of rotatable bonds is 11. The van der Waals surface area contributed by atoms with Gasteiger partial charge in [0.15, 0.2) is 0 Å². The number of amides is 1. The fraction of sp³-hybridized carbons (Fsp3) is 0.611. The van der Waals surface area contributed by atoms with Crippen LogP contribution in [0.25, 0.3) is 0 Å². The molecule has 0 saturated carbocycles. The van der Waals surface area contributed by atoms with E-state index in [1.165, 1.54) is 24.3 Å². The van der Waals surface area contributed by atoms with Crippen molar-refractivity contribution in [2.75, 3.05) is 19.8 Å². The molecule has 1 amide bonds. The second kappa shape index (κ2) is 10.5. The number of carbonyl (C=O) groups is 1. The van der Waals surface area contributed by atoms with Crippen molar-refractivity contribution in [3.8, 4) is 0 Å². The summed E-state index contributed by atoms with van der Waals surface area (Å²) >= 11 is 0. The van der Waals surface area contributed by atoms with Crippen LogP contribution in [0.5, 0.6) is 0 Å². The summed E-state index contributed by atoms with van der Waals surface area (Å²) in [5, 5.41) is 2.80. The van der Waals surface area contributed by atoms with Gasteiger partial charge in [-0.2, -0.15) is 0 Å². The molecule has 1 rings (SSSR count). The summed E-state index contributed by atoms with van der Waals surface area (Å²) in [6.07, 6.45) is 1.45. The molecule has 1 aromatic rings. The molecule has 142 valence electrons. The number of carbonyl (C=O) groups excluding carboxylic acids is 1. The van der Waals surface area contributed by atoms with Gasteiger partial charge in [-0.05, 0) is 49.9 Å². The highest BCUT2D eigenvalue weighted by Crippen LogP contribution is 2.11. The van der Waals surface area contributed by atoms with E-state index >= 15 is 0 Å². The minimum absolute atomic E-state index is 0.133. The van der Waals surface area contributed by atoms with Crippen LogP contribution in [0.3, 0.4) is 0 Å². The van der Waals surface area contributed by atoms with Crippen LogP contribution in [0.1, 0.15) is 50.9 Å². The Labute approximate surface area is 151 Å². The average Bonchev–Trinajstić information content (AvgIpc) is 2.57. The fourth-order valence-electron chi connectivity index (χ4n) is 2.00. The van der Waals surface area contributed by atoms with Crippen molar-refractivity contribution >= 4 is 15.9 Å². The summed E-state index contributed by atoms with van der Waals surface area (Å²) in [7, 11) is -3.55. The first kappa shape index (κ1) is 21.6. The van der Waals surface area contributed by atoms with Gasteiger partial charge in [-0.25, -0.2) is 13.1 Å². The molecule has 0 heterocycles. The Bertz CT molecular complexity index is 627. The molecule has 0 aliphatic carbocycles. The van der Waals surface area contributed by atoms with Crippen LogP contribution in [-0.4, -0.2) is 40.1 Å². The number of nitrogens with one attached hydrogen (secondary N) is 2. The zero-order chi connectivity index (χ0) is 18.9. The molecule has 25 heavy (non-hydrogen) atoms. The Morgan fingerprint density at radius 1 is 1.16 bits per heavy atom. The number of benzene rings is 1. The summed E-state index contributed by atoms with van der Waals surface area (Å²) in [4.78, 5) is 12.2. The minimum Gasteiger partial charge on any atom is -0.381 e. The first-order chi connectivity index (χ1) is 11.8. The van der Waals surface area contributed by atoms with Crippen molar-refractivity contribution in [1.29, 1.82) is 0 Å². The van der Waals surface area contributed by atoms with E-state index in [2.05, 4.69) is 23.9 Å². The molecule has 0 aliphatic rings. The zero-order valence-corrected chi connectivity index (χ0v) is 16.4. The highest BCUT2D eigenvalue weighted by Gasteiger charge is 2.17. The number of hydrogen-bond donors (Lipinski definition) is 2. The Morgan fingerprint density at radius 2 is 1.80 bits per heavy atom. The third kappa shape index (κ3) is 7.98. The molecule has 7 heteroatoms. The normalized spacial score (nSPS) is 13.0. The number of sulfonamides is 1. The predicted molar refractivity (Wildman–Crippen MR) is 99.1 cm³/mol. The maximum atomic E-state index is 12.2. The SMILES string of the molecule is CCC(C)NS(=O)(=O)c1ccc(C(=O)NCCCOCC(C)C)cc1. The molecule has 1 atom stereocenters. The Balaban J connectivity index is 2.49. The zero-order valence-electron chi connectivity index (χ0n) is 15.5. The lowest BCUT2D eigenvalue weighted by atomic mass is 10.2. The number of hydrogen-bond acceptors (Lipinski definition) is 4. The molecular weight excluding hydrogens is 340 g/mol. The Hall–Kier alpha value is -1.44. The van der Waals surface area contributed by atoms with E-state index in [1.807, 2.05) is 13.8 Å². The first-order valence-electron chi connectivity index (χ1n) is 8.74. The molecule has 6 nitrogen and oxygen atoms in total. The maximum absolute atomic E-state index is 12.2. The van der Waals surface area contributed by atoms with E-state index < -0.39 is 10.0 Å². The molecular formula is C18H30N2O4S. The molecule has 1 unspecified atom stereocenters. The lowest BCUT2D eigenvalue weighted by molar-refractivity contribution is 0.0925. The van der Waals surface area contributed by atoms with E-state index in [0.29, 0.717) is 37.7 Å². The minimum atomic E-state index is -3.55. The monoisotopic (exact) mass is 370 g/mol. The fourth-order valence-corrected chi connectivity index (χ4v) is 3.33. The topological polar surface area (TPSA) is 84.5 Å². The van der Waals surface area contributed by atoms with Crippen LogP contribution in [0.4, 0.5) is 0 Å². The summed E-state index contributed by atoms with van der Waals surface area (Å²) < 4.78 is 32.4. The third-order valence-corrected chi connectivity index (χ3v) is 5.20. The largest absolute Gasteiger partial charge is 0.381 e. The van der Waals surface area contributed by atoms with Crippen molar-refractivity contribution in [1.82, 2.24) is 10.0 Å². The number of ether oxygens (including phenoxy) is 1. The average molecular weight is 371 g/mol. The summed E-state index contributed by atoms with van der Waals surface area (Å²) in [6.45, 7) is 9.74. The van der Waals surface area contributed by atoms with Gasteiger partial charge in [0.05, 0.1) is 4.90 Å². The first-order valence-corrected chi connectivity index (χ1v) is 10.2. The Morgan fingerprint density at radius 3 is 2.36 bits per heavy atom. The molecule has 0 spiro atoms. The van der Waals surface area contributed by atoms with Gasteiger partial charge in [0.1, 0.15) is 0 Å². The van der Waals surface area contributed by atoms with Gasteiger partial charge in [-0.1, -0.05) is 20.8 Å². The Kier molecular flexibility index (Phi) is 9.10. The lowest BCUT2D eigenvalue weighted by Gasteiger charge is -2.12. The van der Waals surface area contributed by atoms with Crippen LogP contribution >= 0.6 is 0 Å². The highest BCUT2D eigenvalue weighted by molar-refractivity contribution is 7.89. The second-order valence-electron chi connectivity index (χ2n) is 6.53. The molecule has 0 aromatic heterocycles. The van der Waals surface area contributed by atoms with Crippen molar-refractivity contribution in [2.45, 2.75) is 51.5 Å². The molecule has 0 fully saturated rings. The van der Waals surface area contributed by atoms with Crippen LogP contribution in [-0.2, 0) is 14.8 Å². The second-order valence-corrected chi connectivity index (χ2v) is 8.25. The quantitative estimate of drug-likeness (QED) is 0.586. The van der Waals surface area contributed by atoms with Gasteiger partial charge >= 0.3 is 0 Å². The van der Waals surface area contributed by atoms with E-state index in [0.717, 1.165) is 6.42 Å². The van der Waals surface area contributed by atoms with Gasteiger partial charge < -0.3 is 10.1 Å². The van der Waals surface area contributed by atoms with Crippen LogP contribution < -0.4 is 10.0 Å². The molecule has 0 radical (unpaired) electrons. The maximum Gasteiger partial charge on any atom is 0.251 e. The van der Waals surface area contributed by atoms with Gasteiger partial charge in [-0.3, -0.25) is 4.79 Å². The van der Waals surface area contributed by atoms with E-state index in [-0.39, 0.29) is 16.8 Å². The summed E-state index contributed by atoms with van der Waals surface area (Å²) in [5.74, 6) is 0.280. The standard InChI is InChI=1S/C18H30N2O4S/c1-5-15(4)20-25(22,23)17-9-7-16(8-10-17)18(21)19-11-6-12-24-13-14(2)3/h7-10,14-15,20H,5-6,11-13H2,1-4H3,(H,19,21).